The van der Waals surface area contributed by atoms with Gasteiger partial charge in [-0.25, -0.2) is 0 Å². The lowest BCUT2D eigenvalue weighted by Gasteiger charge is -1.92. The van der Waals surface area contributed by atoms with Gasteiger partial charge in [-0.3, -0.25) is 0 Å². The van der Waals surface area contributed by atoms with E-state index in [2.05, 4.69) is 6.07 Å². The smallest absolute Gasteiger partial charge is 0.0688 e. The normalized spacial score (nSPS) is 9.56. The lowest BCUT2D eigenvalue weighted by molar-refractivity contribution is 0.281. The van der Waals surface area contributed by atoms with Gasteiger partial charge in [0.15, 0.2) is 0 Å². The van der Waals surface area contributed by atoms with Gasteiger partial charge < -0.3 is 5.11 Å². The maximum absolute atomic E-state index is 8.57. The van der Waals surface area contributed by atoms with E-state index in [0.29, 0.717) is 5.02 Å². The highest BCUT2D eigenvalue weighted by molar-refractivity contribution is 6.30. The maximum Gasteiger partial charge on any atom is 0.0688 e. The first-order chi connectivity index (χ1) is 4.33. The molecule has 1 N–H and O–H groups in total. The van der Waals surface area contributed by atoms with Crippen LogP contribution in [0.1, 0.15) is 5.56 Å². The molecule has 9 heavy (non-hydrogen) atoms. The Morgan fingerprint density at radius 3 is 2.78 bits per heavy atom. The fraction of sp³-hybridized carbons (Fsp3) is 0.143. The summed E-state index contributed by atoms with van der Waals surface area (Å²) in [5, 5.41) is 9.12. The van der Waals surface area contributed by atoms with E-state index < -0.39 is 0 Å². The molecule has 1 aromatic rings. The standard InChI is InChI=1S/C7H6ClO/c8-7-3-1-2-6(4-7)5-9/h1-3,9H,5H2. The molecule has 1 rings (SSSR count). The Morgan fingerprint density at radius 2 is 2.33 bits per heavy atom. The van der Waals surface area contributed by atoms with Crippen LogP contribution < -0.4 is 0 Å². The van der Waals surface area contributed by atoms with Gasteiger partial charge in [-0.05, 0) is 11.6 Å². The van der Waals surface area contributed by atoms with Gasteiger partial charge in [0.2, 0.25) is 0 Å². The van der Waals surface area contributed by atoms with Crippen molar-refractivity contribution in [3.63, 3.8) is 0 Å². The van der Waals surface area contributed by atoms with Crippen molar-refractivity contribution < 1.29 is 5.11 Å². The second-order valence-electron chi connectivity index (χ2n) is 1.68. The van der Waals surface area contributed by atoms with Gasteiger partial charge >= 0.3 is 0 Å². The van der Waals surface area contributed by atoms with E-state index in [4.69, 9.17) is 16.7 Å². The zero-order chi connectivity index (χ0) is 6.69. The summed E-state index contributed by atoms with van der Waals surface area (Å²) in [4.78, 5) is 0. The fourth-order valence-electron chi connectivity index (χ4n) is 0.578. The highest BCUT2D eigenvalue weighted by Gasteiger charge is 1.89. The largest absolute Gasteiger partial charge is 0.392 e. The second kappa shape index (κ2) is 2.85. The molecule has 0 unspecified atom stereocenters. The number of rotatable bonds is 1. The molecule has 0 aliphatic carbocycles. The molecule has 1 radical (unpaired) electrons. The van der Waals surface area contributed by atoms with E-state index in [1.807, 2.05) is 0 Å². The number of hydrogen-bond donors (Lipinski definition) is 1. The van der Waals surface area contributed by atoms with Crippen LogP contribution in [-0.2, 0) is 6.61 Å². The van der Waals surface area contributed by atoms with Gasteiger partial charge in [-0.15, -0.1) is 0 Å². The lowest BCUT2D eigenvalue weighted by Crippen LogP contribution is -1.80. The quantitative estimate of drug-likeness (QED) is 0.631. The molecule has 0 spiro atoms. The monoisotopic (exact) mass is 141 g/mol. The minimum atomic E-state index is 0.000556. The van der Waals surface area contributed by atoms with Gasteiger partial charge in [-0.2, -0.15) is 0 Å². The molecular formula is C7H6ClO. The summed E-state index contributed by atoms with van der Waals surface area (Å²) in [7, 11) is 0. The van der Waals surface area contributed by atoms with E-state index in [1.165, 1.54) is 0 Å². The molecule has 2 heteroatoms. The minimum Gasteiger partial charge on any atom is -0.392 e. The van der Waals surface area contributed by atoms with Gasteiger partial charge in [0.1, 0.15) is 0 Å². The van der Waals surface area contributed by atoms with Crippen molar-refractivity contribution in [3.8, 4) is 0 Å². The molecule has 47 valence electrons. The van der Waals surface area contributed by atoms with Crippen molar-refractivity contribution in [1.82, 2.24) is 0 Å². The van der Waals surface area contributed by atoms with Crippen molar-refractivity contribution in [3.05, 3.63) is 34.9 Å². The molecule has 0 fully saturated rings. The van der Waals surface area contributed by atoms with Crippen molar-refractivity contribution in [2.75, 3.05) is 0 Å². The van der Waals surface area contributed by atoms with Crippen LogP contribution in [0, 0.1) is 6.07 Å². The first kappa shape index (κ1) is 6.59. The molecule has 0 saturated heterocycles. The summed E-state index contributed by atoms with van der Waals surface area (Å²) in [6.45, 7) is 0.000556. The second-order valence-corrected chi connectivity index (χ2v) is 2.09. The maximum atomic E-state index is 8.57. The third-order valence-electron chi connectivity index (χ3n) is 0.990. The van der Waals surface area contributed by atoms with Gasteiger partial charge in [0, 0.05) is 11.1 Å². The van der Waals surface area contributed by atoms with E-state index in [9.17, 15) is 0 Å². The highest BCUT2D eigenvalue weighted by atomic mass is 35.5. The molecule has 0 aliphatic rings. The average molecular weight is 142 g/mol. The summed E-state index contributed by atoms with van der Waals surface area (Å²) >= 11 is 5.56. The summed E-state index contributed by atoms with van der Waals surface area (Å²) in [6, 6.07) is 8.05. The topological polar surface area (TPSA) is 20.2 Å². The van der Waals surface area contributed by atoms with Crippen LogP contribution in [-0.4, -0.2) is 5.11 Å². The van der Waals surface area contributed by atoms with Crippen LogP contribution >= 0.6 is 11.6 Å². The number of aliphatic hydroxyl groups is 1. The number of halogens is 1. The van der Waals surface area contributed by atoms with Crippen molar-refractivity contribution in [2.45, 2.75) is 6.61 Å². The zero-order valence-corrected chi connectivity index (χ0v) is 5.52. The van der Waals surface area contributed by atoms with Crippen LogP contribution in [0.25, 0.3) is 0 Å². The summed E-state index contributed by atoms with van der Waals surface area (Å²) in [5.41, 5.74) is 0.725. The van der Waals surface area contributed by atoms with E-state index in [0.717, 1.165) is 5.56 Å². The molecular weight excluding hydrogens is 136 g/mol. The van der Waals surface area contributed by atoms with Crippen molar-refractivity contribution >= 4 is 11.6 Å². The predicted octanol–water partition coefficient (Wildman–Crippen LogP) is 1.63. The third kappa shape index (κ3) is 1.70. The minimum absolute atomic E-state index is 0.000556. The average Bonchev–Trinajstić information content (AvgIpc) is 1.88. The third-order valence-corrected chi connectivity index (χ3v) is 1.21. The Hall–Kier alpha value is -0.530. The zero-order valence-electron chi connectivity index (χ0n) is 4.76. The number of aliphatic hydroxyl groups excluding tert-OH is 1. The number of hydrogen-bond acceptors (Lipinski definition) is 1. The van der Waals surface area contributed by atoms with Gasteiger partial charge in [-0.1, -0.05) is 23.7 Å². The Bertz CT molecular complexity index is 198. The molecule has 0 saturated carbocycles. The summed E-state index contributed by atoms with van der Waals surface area (Å²) in [5.74, 6) is 0. The Morgan fingerprint density at radius 1 is 1.56 bits per heavy atom. The van der Waals surface area contributed by atoms with Gasteiger partial charge in [0.25, 0.3) is 0 Å². The predicted molar refractivity (Wildman–Crippen MR) is 36.2 cm³/mol. The molecule has 1 aromatic carbocycles. The molecule has 0 aromatic heterocycles. The van der Waals surface area contributed by atoms with Crippen molar-refractivity contribution in [1.29, 1.82) is 0 Å². The number of benzene rings is 1. The van der Waals surface area contributed by atoms with Gasteiger partial charge in [0.05, 0.1) is 6.61 Å². The van der Waals surface area contributed by atoms with E-state index >= 15 is 0 Å². The van der Waals surface area contributed by atoms with Crippen LogP contribution in [0.2, 0.25) is 5.02 Å². The Kier molecular flexibility index (Phi) is 2.09. The first-order valence-corrected chi connectivity index (χ1v) is 2.98. The Balaban J connectivity index is 2.94. The molecule has 0 atom stereocenters. The van der Waals surface area contributed by atoms with Crippen LogP contribution in [0.3, 0.4) is 0 Å². The lowest BCUT2D eigenvalue weighted by atomic mass is 10.2. The van der Waals surface area contributed by atoms with Crippen molar-refractivity contribution in [2.24, 2.45) is 0 Å². The van der Waals surface area contributed by atoms with E-state index in [1.54, 1.807) is 18.2 Å². The van der Waals surface area contributed by atoms with E-state index in [-0.39, 0.29) is 6.61 Å². The van der Waals surface area contributed by atoms with Crippen LogP contribution in [0.5, 0.6) is 0 Å². The fourth-order valence-corrected chi connectivity index (χ4v) is 0.772. The molecule has 0 amide bonds. The van der Waals surface area contributed by atoms with Crippen LogP contribution in [0.15, 0.2) is 18.2 Å². The Labute approximate surface area is 58.9 Å². The molecule has 0 bridgehead atoms. The SMILES string of the molecule is OCc1[c]c(Cl)ccc1. The first-order valence-electron chi connectivity index (χ1n) is 2.60. The molecule has 0 heterocycles. The highest BCUT2D eigenvalue weighted by Crippen LogP contribution is 2.08. The molecule has 0 aliphatic heterocycles. The summed E-state index contributed by atoms with van der Waals surface area (Å²) in [6.07, 6.45) is 0. The summed E-state index contributed by atoms with van der Waals surface area (Å²) < 4.78 is 0. The molecule has 1 nitrogen and oxygen atoms in total. The van der Waals surface area contributed by atoms with Crippen LogP contribution in [0.4, 0.5) is 0 Å².